The van der Waals surface area contributed by atoms with Crippen molar-refractivity contribution in [1.29, 1.82) is 0 Å². The molecule has 0 radical (unpaired) electrons. The molecule has 0 spiro atoms. The number of pyridine rings is 1. The number of halogens is 1. The largest absolute Gasteiger partial charge is 0.449 e. The predicted octanol–water partition coefficient (Wildman–Crippen LogP) is 2.84. The number of carbonyl (C=O) groups excluding carboxylic acids is 3. The standard InChI is InChI=1S/C20H19ClN4O4/c1-11(18(26)24-17-7-5-13(21)10-22-17)29-20(28)12-4-6-15-14(9-12)23-19(27)16-3-2-8-25(15)16/h4-7,9-11,16H,2-3,8H2,1H3,(H,23,27)(H,22,24,26)/t11-,16+/m1/s1. The molecule has 150 valence electrons. The van der Waals surface area contributed by atoms with Gasteiger partial charge in [-0.3, -0.25) is 9.59 Å². The van der Waals surface area contributed by atoms with E-state index in [1.54, 1.807) is 30.3 Å². The van der Waals surface area contributed by atoms with Crippen LogP contribution in [0.4, 0.5) is 17.2 Å². The summed E-state index contributed by atoms with van der Waals surface area (Å²) in [5.74, 6) is -0.931. The van der Waals surface area contributed by atoms with Gasteiger partial charge in [0.1, 0.15) is 11.9 Å². The van der Waals surface area contributed by atoms with Gasteiger partial charge in [-0.15, -0.1) is 0 Å². The van der Waals surface area contributed by atoms with Crippen LogP contribution in [0.3, 0.4) is 0 Å². The second kappa shape index (κ2) is 7.71. The molecule has 1 fully saturated rings. The molecular formula is C20H19ClN4O4. The van der Waals surface area contributed by atoms with Crippen LogP contribution in [0.2, 0.25) is 5.02 Å². The van der Waals surface area contributed by atoms with E-state index in [-0.39, 0.29) is 17.5 Å². The Morgan fingerprint density at radius 1 is 1.34 bits per heavy atom. The van der Waals surface area contributed by atoms with Crippen LogP contribution in [-0.2, 0) is 14.3 Å². The molecule has 3 heterocycles. The van der Waals surface area contributed by atoms with Crippen LogP contribution in [-0.4, -0.2) is 41.5 Å². The molecule has 29 heavy (non-hydrogen) atoms. The van der Waals surface area contributed by atoms with E-state index in [1.807, 2.05) is 0 Å². The number of benzene rings is 1. The van der Waals surface area contributed by atoms with Crippen molar-refractivity contribution in [2.24, 2.45) is 0 Å². The normalized spacial score (nSPS) is 18.3. The van der Waals surface area contributed by atoms with Crippen molar-refractivity contribution in [2.75, 3.05) is 22.1 Å². The second-order valence-corrected chi connectivity index (χ2v) is 7.41. The molecule has 1 aromatic carbocycles. The summed E-state index contributed by atoms with van der Waals surface area (Å²) in [6.45, 7) is 2.28. The molecule has 8 nitrogen and oxygen atoms in total. The maximum Gasteiger partial charge on any atom is 0.338 e. The number of hydrogen-bond donors (Lipinski definition) is 2. The van der Waals surface area contributed by atoms with Gasteiger partial charge in [-0.05, 0) is 50.1 Å². The fourth-order valence-corrected chi connectivity index (χ4v) is 3.63. The van der Waals surface area contributed by atoms with E-state index in [1.165, 1.54) is 13.1 Å². The number of carbonyl (C=O) groups is 3. The predicted molar refractivity (Wildman–Crippen MR) is 108 cm³/mol. The van der Waals surface area contributed by atoms with Gasteiger partial charge in [0.15, 0.2) is 6.10 Å². The molecule has 2 N–H and O–H groups in total. The Balaban J connectivity index is 1.43. The Hall–Kier alpha value is -3.13. The van der Waals surface area contributed by atoms with Crippen LogP contribution in [0.15, 0.2) is 36.5 Å². The average Bonchev–Trinajstić information content (AvgIpc) is 3.20. The summed E-state index contributed by atoms with van der Waals surface area (Å²) in [6, 6.07) is 8.01. The molecule has 4 rings (SSSR count). The first-order valence-electron chi connectivity index (χ1n) is 9.27. The summed E-state index contributed by atoms with van der Waals surface area (Å²) >= 11 is 5.76. The molecule has 1 aromatic heterocycles. The zero-order valence-electron chi connectivity index (χ0n) is 15.6. The van der Waals surface area contributed by atoms with Gasteiger partial charge >= 0.3 is 5.97 Å². The topological polar surface area (TPSA) is 101 Å². The van der Waals surface area contributed by atoms with E-state index >= 15 is 0 Å². The lowest BCUT2D eigenvalue weighted by atomic mass is 10.1. The van der Waals surface area contributed by atoms with E-state index in [2.05, 4.69) is 20.5 Å². The lowest BCUT2D eigenvalue weighted by molar-refractivity contribution is -0.123. The van der Waals surface area contributed by atoms with E-state index in [0.29, 0.717) is 16.5 Å². The minimum Gasteiger partial charge on any atom is -0.449 e. The van der Waals surface area contributed by atoms with E-state index < -0.39 is 18.0 Å². The van der Waals surface area contributed by atoms with Crippen molar-refractivity contribution < 1.29 is 19.1 Å². The van der Waals surface area contributed by atoms with Crippen molar-refractivity contribution >= 4 is 46.6 Å². The number of amides is 2. The third-order valence-electron chi connectivity index (χ3n) is 4.99. The fourth-order valence-electron chi connectivity index (χ4n) is 3.52. The SMILES string of the molecule is C[C@@H](OC(=O)c1ccc2c(c1)NC(=O)[C@@H]1CCCN21)C(=O)Nc1ccc(Cl)cn1. The lowest BCUT2D eigenvalue weighted by Gasteiger charge is -2.33. The molecule has 9 heteroatoms. The summed E-state index contributed by atoms with van der Waals surface area (Å²) in [7, 11) is 0. The molecule has 2 aliphatic rings. The Bertz CT molecular complexity index is 979. The van der Waals surface area contributed by atoms with Crippen LogP contribution in [0.25, 0.3) is 0 Å². The highest BCUT2D eigenvalue weighted by Gasteiger charge is 2.36. The van der Waals surface area contributed by atoms with Crippen molar-refractivity contribution in [3.05, 3.63) is 47.1 Å². The smallest absolute Gasteiger partial charge is 0.338 e. The van der Waals surface area contributed by atoms with Crippen LogP contribution < -0.4 is 15.5 Å². The first kappa shape index (κ1) is 19.2. The maximum atomic E-state index is 12.5. The first-order valence-corrected chi connectivity index (χ1v) is 9.65. The van der Waals surface area contributed by atoms with Crippen LogP contribution in [0.1, 0.15) is 30.1 Å². The molecule has 0 unspecified atom stereocenters. The highest BCUT2D eigenvalue weighted by Crippen LogP contribution is 2.37. The molecule has 2 amide bonds. The number of fused-ring (bicyclic) bond motifs is 3. The summed E-state index contributed by atoms with van der Waals surface area (Å²) in [5.41, 5.74) is 1.72. The highest BCUT2D eigenvalue weighted by molar-refractivity contribution is 6.30. The van der Waals surface area contributed by atoms with Crippen molar-refractivity contribution in [1.82, 2.24) is 4.98 Å². The Morgan fingerprint density at radius 3 is 2.93 bits per heavy atom. The third-order valence-corrected chi connectivity index (χ3v) is 5.21. The number of aromatic nitrogens is 1. The molecule has 0 aliphatic carbocycles. The Labute approximate surface area is 172 Å². The Morgan fingerprint density at radius 2 is 2.17 bits per heavy atom. The van der Waals surface area contributed by atoms with Gasteiger partial charge in [-0.1, -0.05) is 11.6 Å². The molecule has 1 saturated heterocycles. The third kappa shape index (κ3) is 3.88. The zero-order valence-corrected chi connectivity index (χ0v) is 16.4. The van der Waals surface area contributed by atoms with Crippen molar-refractivity contribution in [3.63, 3.8) is 0 Å². The zero-order chi connectivity index (χ0) is 20.5. The lowest BCUT2D eigenvalue weighted by Crippen LogP contribution is -2.43. The molecule has 2 aromatic rings. The van der Waals surface area contributed by atoms with Crippen LogP contribution >= 0.6 is 11.6 Å². The number of rotatable bonds is 4. The number of hydrogen-bond acceptors (Lipinski definition) is 6. The van der Waals surface area contributed by atoms with Gasteiger partial charge < -0.3 is 20.3 Å². The number of anilines is 3. The van der Waals surface area contributed by atoms with Gasteiger partial charge in [0.25, 0.3) is 5.91 Å². The molecule has 2 atom stereocenters. The molecule has 2 aliphatic heterocycles. The van der Waals surface area contributed by atoms with E-state index in [0.717, 1.165) is 25.1 Å². The summed E-state index contributed by atoms with van der Waals surface area (Å²) < 4.78 is 5.27. The van der Waals surface area contributed by atoms with Gasteiger partial charge in [0.2, 0.25) is 5.91 Å². The number of nitrogens with zero attached hydrogens (tertiary/aromatic N) is 2. The second-order valence-electron chi connectivity index (χ2n) is 6.97. The fraction of sp³-hybridized carbons (Fsp3) is 0.300. The quantitative estimate of drug-likeness (QED) is 0.746. The van der Waals surface area contributed by atoms with Crippen LogP contribution in [0, 0.1) is 0 Å². The monoisotopic (exact) mass is 414 g/mol. The number of ether oxygens (including phenoxy) is 1. The summed E-state index contributed by atoms with van der Waals surface area (Å²) in [6.07, 6.45) is 2.15. The van der Waals surface area contributed by atoms with Gasteiger partial charge in [-0.25, -0.2) is 9.78 Å². The maximum absolute atomic E-state index is 12.5. The molecule has 0 saturated carbocycles. The molecule has 0 bridgehead atoms. The highest BCUT2D eigenvalue weighted by atomic mass is 35.5. The first-order chi connectivity index (χ1) is 13.9. The molecular weight excluding hydrogens is 396 g/mol. The summed E-state index contributed by atoms with van der Waals surface area (Å²) in [4.78, 5) is 43.0. The van der Waals surface area contributed by atoms with Crippen LogP contribution in [0.5, 0.6) is 0 Å². The van der Waals surface area contributed by atoms with Gasteiger partial charge in [-0.2, -0.15) is 0 Å². The van der Waals surface area contributed by atoms with Gasteiger partial charge in [0.05, 0.1) is 22.0 Å². The Kier molecular flexibility index (Phi) is 5.10. The number of nitrogens with one attached hydrogen (secondary N) is 2. The van der Waals surface area contributed by atoms with Gasteiger partial charge in [0, 0.05) is 12.7 Å². The van der Waals surface area contributed by atoms with E-state index in [4.69, 9.17) is 16.3 Å². The van der Waals surface area contributed by atoms with Crippen molar-refractivity contribution in [2.45, 2.75) is 31.9 Å². The number of esters is 1. The minimum atomic E-state index is -1.03. The van der Waals surface area contributed by atoms with E-state index in [9.17, 15) is 14.4 Å². The summed E-state index contributed by atoms with van der Waals surface area (Å²) in [5, 5.41) is 5.86. The minimum absolute atomic E-state index is 0.0660. The van der Waals surface area contributed by atoms with Crippen molar-refractivity contribution in [3.8, 4) is 0 Å². The average molecular weight is 415 g/mol.